The topological polar surface area (TPSA) is 93.8 Å². The van der Waals surface area contributed by atoms with E-state index in [9.17, 15) is 4.79 Å². The van der Waals surface area contributed by atoms with Gasteiger partial charge in [-0.1, -0.05) is 0 Å². The summed E-state index contributed by atoms with van der Waals surface area (Å²) in [4.78, 5) is 22.4. The van der Waals surface area contributed by atoms with Crippen LogP contribution in [-0.4, -0.2) is 35.8 Å². The highest BCUT2D eigenvalue weighted by Crippen LogP contribution is 2.01. The SMILES string of the molecule is Cc1nc(C(=O)O)nn1Cc1cnccn1. The largest absolute Gasteiger partial charge is 0.475 e. The lowest BCUT2D eigenvalue weighted by Crippen LogP contribution is -2.07. The number of carbonyl (C=O) groups is 1. The second-order valence-corrected chi connectivity index (χ2v) is 3.14. The van der Waals surface area contributed by atoms with Crippen LogP contribution >= 0.6 is 0 Å². The standard InChI is InChI=1S/C9H9N5O2/c1-6-12-8(9(15)16)13-14(6)5-7-4-10-2-3-11-7/h2-4H,5H2,1H3,(H,15,16). The van der Waals surface area contributed by atoms with Gasteiger partial charge in [-0.3, -0.25) is 9.97 Å². The van der Waals surface area contributed by atoms with E-state index < -0.39 is 5.97 Å². The van der Waals surface area contributed by atoms with E-state index in [1.165, 1.54) is 4.68 Å². The molecule has 2 aromatic rings. The molecule has 0 aromatic carbocycles. The number of hydrogen-bond donors (Lipinski definition) is 1. The summed E-state index contributed by atoms with van der Waals surface area (Å²) in [5.41, 5.74) is 0.701. The summed E-state index contributed by atoms with van der Waals surface area (Å²) in [7, 11) is 0. The summed E-state index contributed by atoms with van der Waals surface area (Å²) in [6.07, 6.45) is 4.74. The Hall–Kier alpha value is -2.31. The first-order chi connectivity index (χ1) is 7.66. The van der Waals surface area contributed by atoms with Crippen molar-refractivity contribution in [1.82, 2.24) is 24.7 Å². The van der Waals surface area contributed by atoms with Crippen LogP contribution in [0.15, 0.2) is 18.6 Å². The van der Waals surface area contributed by atoms with Gasteiger partial charge in [-0.15, -0.1) is 5.10 Å². The first-order valence-corrected chi connectivity index (χ1v) is 4.56. The smallest absolute Gasteiger partial charge is 0.375 e. The molecular formula is C9H9N5O2. The van der Waals surface area contributed by atoms with Crippen molar-refractivity contribution in [3.8, 4) is 0 Å². The van der Waals surface area contributed by atoms with Gasteiger partial charge in [0.15, 0.2) is 0 Å². The second kappa shape index (κ2) is 4.05. The molecule has 0 aliphatic rings. The normalized spacial score (nSPS) is 10.3. The molecule has 0 radical (unpaired) electrons. The van der Waals surface area contributed by atoms with Crippen molar-refractivity contribution in [3.05, 3.63) is 35.9 Å². The quantitative estimate of drug-likeness (QED) is 0.788. The summed E-state index contributed by atoms with van der Waals surface area (Å²) in [5.74, 6) is -0.814. The summed E-state index contributed by atoms with van der Waals surface area (Å²) < 4.78 is 1.48. The lowest BCUT2D eigenvalue weighted by atomic mass is 10.4. The van der Waals surface area contributed by atoms with Crippen molar-refractivity contribution in [3.63, 3.8) is 0 Å². The Morgan fingerprint density at radius 2 is 2.31 bits per heavy atom. The molecule has 2 heterocycles. The van der Waals surface area contributed by atoms with Crippen molar-refractivity contribution >= 4 is 5.97 Å². The van der Waals surface area contributed by atoms with E-state index >= 15 is 0 Å². The molecule has 0 aliphatic carbocycles. The first-order valence-electron chi connectivity index (χ1n) is 4.56. The fourth-order valence-corrected chi connectivity index (χ4v) is 1.23. The first kappa shape index (κ1) is 10.2. The zero-order valence-corrected chi connectivity index (χ0v) is 8.53. The Kier molecular flexibility index (Phi) is 2.59. The number of rotatable bonds is 3. The summed E-state index contributed by atoms with van der Waals surface area (Å²) in [5, 5.41) is 12.6. The Labute approximate surface area is 90.8 Å². The number of aromatic nitrogens is 5. The molecule has 0 unspecified atom stereocenters. The molecule has 2 rings (SSSR count). The molecule has 7 nitrogen and oxygen atoms in total. The van der Waals surface area contributed by atoms with Gasteiger partial charge < -0.3 is 5.11 Å². The number of aryl methyl sites for hydroxylation is 1. The van der Waals surface area contributed by atoms with Crippen LogP contribution in [0.5, 0.6) is 0 Å². The van der Waals surface area contributed by atoms with Crippen LogP contribution in [0.2, 0.25) is 0 Å². The Bertz CT molecular complexity index is 508. The van der Waals surface area contributed by atoms with Crippen LogP contribution in [-0.2, 0) is 6.54 Å². The monoisotopic (exact) mass is 219 g/mol. The molecule has 0 amide bonds. The molecule has 82 valence electrons. The average Bonchev–Trinajstić information content (AvgIpc) is 2.62. The maximum Gasteiger partial charge on any atom is 0.375 e. The van der Waals surface area contributed by atoms with E-state index in [0.717, 1.165) is 0 Å². The fourth-order valence-electron chi connectivity index (χ4n) is 1.23. The van der Waals surface area contributed by atoms with Crippen LogP contribution in [0.25, 0.3) is 0 Å². The molecule has 0 atom stereocenters. The van der Waals surface area contributed by atoms with Crippen molar-refractivity contribution in [1.29, 1.82) is 0 Å². The summed E-state index contributed by atoms with van der Waals surface area (Å²) in [6, 6.07) is 0. The molecule has 0 fully saturated rings. The molecular weight excluding hydrogens is 210 g/mol. The van der Waals surface area contributed by atoms with Crippen LogP contribution < -0.4 is 0 Å². The maximum atomic E-state index is 10.7. The van der Waals surface area contributed by atoms with E-state index in [1.54, 1.807) is 25.5 Å². The fraction of sp³-hybridized carbons (Fsp3) is 0.222. The lowest BCUT2D eigenvalue weighted by Gasteiger charge is -2.00. The van der Waals surface area contributed by atoms with Gasteiger partial charge in [0.25, 0.3) is 5.82 Å². The van der Waals surface area contributed by atoms with Gasteiger partial charge in [0.1, 0.15) is 5.82 Å². The van der Waals surface area contributed by atoms with Crippen molar-refractivity contribution in [2.45, 2.75) is 13.5 Å². The number of carboxylic acids is 1. The third-order valence-electron chi connectivity index (χ3n) is 1.98. The minimum atomic E-state index is -1.14. The van der Waals surface area contributed by atoms with Gasteiger partial charge >= 0.3 is 5.97 Å². The van der Waals surface area contributed by atoms with E-state index in [4.69, 9.17) is 5.11 Å². The predicted octanol–water partition coefficient (Wildman–Crippen LogP) is 0.123. The van der Waals surface area contributed by atoms with Gasteiger partial charge in [0.05, 0.1) is 18.4 Å². The number of carboxylic acid groups (broad SMARTS) is 1. The van der Waals surface area contributed by atoms with Crippen LogP contribution in [0.1, 0.15) is 22.1 Å². The Morgan fingerprint density at radius 3 is 2.88 bits per heavy atom. The zero-order valence-electron chi connectivity index (χ0n) is 8.53. The van der Waals surface area contributed by atoms with E-state index in [-0.39, 0.29) is 5.82 Å². The second-order valence-electron chi connectivity index (χ2n) is 3.14. The number of hydrogen-bond acceptors (Lipinski definition) is 5. The molecule has 0 saturated heterocycles. The lowest BCUT2D eigenvalue weighted by molar-refractivity contribution is 0.0683. The molecule has 2 aromatic heterocycles. The van der Waals surface area contributed by atoms with E-state index in [1.807, 2.05) is 0 Å². The molecule has 0 aliphatic heterocycles. The van der Waals surface area contributed by atoms with Gasteiger partial charge in [0, 0.05) is 12.4 Å². The molecule has 7 heteroatoms. The van der Waals surface area contributed by atoms with Crippen molar-refractivity contribution in [2.24, 2.45) is 0 Å². The zero-order chi connectivity index (χ0) is 11.5. The van der Waals surface area contributed by atoms with Crippen molar-refractivity contribution in [2.75, 3.05) is 0 Å². The van der Waals surface area contributed by atoms with E-state index in [2.05, 4.69) is 20.1 Å². The number of aromatic carboxylic acids is 1. The maximum absolute atomic E-state index is 10.7. The molecule has 0 bridgehead atoms. The van der Waals surface area contributed by atoms with Gasteiger partial charge in [-0.2, -0.15) is 0 Å². The van der Waals surface area contributed by atoms with Crippen LogP contribution in [0.3, 0.4) is 0 Å². The minimum Gasteiger partial charge on any atom is -0.475 e. The number of nitrogens with zero attached hydrogens (tertiary/aromatic N) is 5. The Morgan fingerprint density at radius 1 is 1.50 bits per heavy atom. The van der Waals surface area contributed by atoms with Crippen molar-refractivity contribution < 1.29 is 9.90 Å². The highest BCUT2D eigenvalue weighted by molar-refractivity contribution is 5.82. The van der Waals surface area contributed by atoms with Gasteiger partial charge in [-0.05, 0) is 6.92 Å². The van der Waals surface area contributed by atoms with Gasteiger partial charge in [-0.25, -0.2) is 14.5 Å². The predicted molar refractivity (Wildman–Crippen MR) is 52.9 cm³/mol. The van der Waals surface area contributed by atoms with E-state index in [0.29, 0.717) is 18.1 Å². The minimum absolute atomic E-state index is 0.207. The summed E-state index contributed by atoms with van der Waals surface area (Å²) >= 11 is 0. The molecule has 16 heavy (non-hydrogen) atoms. The third kappa shape index (κ3) is 2.02. The van der Waals surface area contributed by atoms with Gasteiger partial charge in [0.2, 0.25) is 0 Å². The average molecular weight is 219 g/mol. The molecule has 0 spiro atoms. The van der Waals surface area contributed by atoms with Crippen LogP contribution in [0, 0.1) is 6.92 Å². The molecule has 1 N–H and O–H groups in total. The molecule has 0 saturated carbocycles. The highest BCUT2D eigenvalue weighted by Gasteiger charge is 2.12. The third-order valence-corrected chi connectivity index (χ3v) is 1.98. The highest BCUT2D eigenvalue weighted by atomic mass is 16.4. The van der Waals surface area contributed by atoms with Crippen LogP contribution in [0.4, 0.5) is 0 Å². The summed E-state index contributed by atoms with van der Waals surface area (Å²) in [6.45, 7) is 2.05. The Balaban J connectivity index is 2.25.